The van der Waals surface area contributed by atoms with Gasteiger partial charge in [-0.25, -0.2) is 4.79 Å². The van der Waals surface area contributed by atoms with Gasteiger partial charge in [-0.1, -0.05) is 35.9 Å². The predicted molar refractivity (Wildman–Crippen MR) is 108 cm³/mol. The maximum atomic E-state index is 12.7. The van der Waals surface area contributed by atoms with E-state index >= 15 is 0 Å². The molecule has 0 aromatic heterocycles. The van der Waals surface area contributed by atoms with Gasteiger partial charge in [0.15, 0.2) is 5.75 Å². The van der Waals surface area contributed by atoms with E-state index in [0.717, 1.165) is 17.7 Å². The fourth-order valence-electron chi connectivity index (χ4n) is 3.43. The Labute approximate surface area is 173 Å². The van der Waals surface area contributed by atoms with Crippen molar-refractivity contribution in [3.63, 3.8) is 0 Å². The van der Waals surface area contributed by atoms with Crippen molar-refractivity contribution in [2.24, 2.45) is 5.92 Å². The molecule has 1 atom stereocenters. The van der Waals surface area contributed by atoms with E-state index in [1.54, 1.807) is 55.5 Å². The van der Waals surface area contributed by atoms with Crippen molar-refractivity contribution in [3.05, 3.63) is 53.6 Å². The van der Waals surface area contributed by atoms with Crippen molar-refractivity contribution in [1.29, 1.82) is 0 Å². The molecule has 1 heterocycles. The summed E-state index contributed by atoms with van der Waals surface area (Å²) in [5, 5.41) is 5.88. The number of rotatable bonds is 6. The third kappa shape index (κ3) is 3.78. The van der Waals surface area contributed by atoms with Crippen molar-refractivity contribution in [2.45, 2.75) is 25.3 Å². The Morgan fingerprint density at radius 2 is 1.83 bits per heavy atom. The number of nitrogens with one attached hydrogen (secondary N) is 2. The molecule has 1 saturated heterocycles. The standard InChI is InChI=1S/C21H20ClN3O4/c1-21(13-10-11-13)19(27)25(20(28)24-21)12-18(26)23-15-7-3-5-9-17(15)29-16-8-4-2-6-14(16)22/h2-9,13H,10-12H2,1H3,(H,23,26)(H,24,28). The first kappa shape index (κ1) is 19.3. The summed E-state index contributed by atoms with van der Waals surface area (Å²) in [6, 6.07) is 13.3. The minimum atomic E-state index is -0.914. The van der Waals surface area contributed by atoms with Gasteiger partial charge in [-0.05, 0) is 49.9 Å². The van der Waals surface area contributed by atoms with Crippen LogP contribution in [0.1, 0.15) is 19.8 Å². The second-order valence-electron chi connectivity index (χ2n) is 7.37. The minimum absolute atomic E-state index is 0.136. The van der Waals surface area contributed by atoms with E-state index in [1.165, 1.54) is 0 Å². The second-order valence-corrected chi connectivity index (χ2v) is 7.78. The first-order valence-corrected chi connectivity index (χ1v) is 9.71. The largest absolute Gasteiger partial charge is 0.454 e. The third-order valence-corrected chi connectivity index (χ3v) is 5.53. The van der Waals surface area contributed by atoms with Crippen LogP contribution in [-0.2, 0) is 9.59 Å². The van der Waals surface area contributed by atoms with Gasteiger partial charge >= 0.3 is 6.03 Å². The number of para-hydroxylation sites is 3. The minimum Gasteiger partial charge on any atom is -0.454 e. The van der Waals surface area contributed by atoms with E-state index in [1.807, 2.05) is 0 Å². The Bertz CT molecular complexity index is 991. The zero-order chi connectivity index (χ0) is 20.6. The predicted octanol–water partition coefficient (Wildman–Crippen LogP) is 3.79. The first-order chi connectivity index (χ1) is 13.9. The van der Waals surface area contributed by atoms with Crippen LogP contribution in [0.5, 0.6) is 11.5 Å². The van der Waals surface area contributed by atoms with E-state index < -0.39 is 17.5 Å². The van der Waals surface area contributed by atoms with Gasteiger partial charge in [0.1, 0.15) is 17.8 Å². The maximum absolute atomic E-state index is 12.7. The molecule has 1 unspecified atom stereocenters. The molecule has 150 valence electrons. The van der Waals surface area contributed by atoms with Gasteiger partial charge in [0.05, 0.1) is 10.7 Å². The quantitative estimate of drug-likeness (QED) is 0.705. The maximum Gasteiger partial charge on any atom is 0.325 e. The van der Waals surface area contributed by atoms with Gasteiger partial charge in [0.25, 0.3) is 5.91 Å². The number of ether oxygens (including phenoxy) is 1. The average Bonchev–Trinajstić information content (AvgIpc) is 3.51. The zero-order valence-electron chi connectivity index (χ0n) is 15.8. The summed E-state index contributed by atoms with van der Waals surface area (Å²) in [5.41, 5.74) is -0.503. The van der Waals surface area contributed by atoms with Crippen LogP contribution in [0.3, 0.4) is 0 Å². The molecule has 0 radical (unpaired) electrons. The highest BCUT2D eigenvalue weighted by Crippen LogP contribution is 2.42. The lowest BCUT2D eigenvalue weighted by Crippen LogP contribution is -2.46. The summed E-state index contributed by atoms with van der Waals surface area (Å²) in [6.07, 6.45) is 1.80. The van der Waals surface area contributed by atoms with Crippen LogP contribution in [0, 0.1) is 5.92 Å². The molecule has 1 aliphatic carbocycles. The molecule has 1 aliphatic heterocycles. The molecule has 2 aromatic carbocycles. The van der Waals surface area contributed by atoms with Crippen LogP contribution in [-0.4, -0.2) is 34.8 Å². The number of amides is 4. The smallest absolute Gasteiger partial charge is 0.325 e. The van der Waals surface area contributed by atoms with Crippen LogP contribution in [0.2, 0.25) is 5.02 Å². The number of carbonyl (C=O) groups excluding carboxylic acids is 3. The van der Waals surface area contributed by atoms with E-state index in [0.29, 0.717) is 22.2 Å². The van der Waals surface area contributed by atoms with E-state index in [9.17, 15) is 14.4 Å². The number of halogens is 1. The Balaban J connectivity index is 1.46. The molecule has 0 bridgehead atoms. The summed E-state index contributed by atoms with van der Waals surface area (Å²) >= 11 is 6.13. The number of urea groups is 1. The molecule has 4 amide bonds. The van der Waals surface area contributed by atoms with Gasteiger partial charge in [-0.3, -0.25) is 14.5 Å². The molecule has 1 saturated carbocycles. The normalized spacial score (nSPS) is 21.1. The van der Waals surface area contributed by atoms with Gasteiger partial charge in [-0.2, -0.15) is 0 Å². The zero-order valence-corrected chi connectivity index (χ0v) is 16.5. The van der Waals surface area contributed by atoms with Crippen molar-refractivity contribution in [3.8, 4) is 11.5 Å². The lowest BCUT2D eigenvalue weighted by Gasteiger charge is -2.21. The lowest BCUT2D eigenvalue weighted by atomic mass is 9.96. The lowest BCUT2D eigenvalue weighted by molar-refractivity contribution is -0.134. The number of nitrogens with zero attached hydrogens (tertiary/aromatic N) is 1. The fourth-order valence-corrected chi connectivity index (χ4v) is 3.61. The van der Waals surface area contributed by atoms with E-state index in [2.05, 4.69) is 10.6 Å². The molecular formula is C21H20ClN3O4. The first-order valence-electron chi connectivity index (χ1n) is 9.34. The van der Waals surface area contributed by atoms with E-state index in [-0.39, 0.29) is 18.4 Å². The molecule has 29 heavy (non-hydrogen) atoms. The van der Waals surface area contributed by atoms with Gasteiger partial charge in [0, 0.05) is 0 Å². The molecule has 8 heteroatoms. The highest BCUT2D eigenvalue weighted by atomic mass is 35.5. The van der Waals surface area contributed by atoms with Gasteiger partial charge < -0.3 is 15.4 Å². The van der Waals surface area contributed by atoms with E-state index in [4.69, 9.17) is 16.3 Å². The van der Waals surface area contributed by atoms with Crippen molar-refractivity contribution in [1.82, 2.24) is 10.2 Å². The molecule has 2 fully saturated rings. The van der Waals surface area contributed by atoms with Gasteiger partial charge in [-0.15, -0.1) is 0 Å². The Morgan fingerprint density at radius 1 is 1.17 bits per heavy atom. The highest BCUT2D eigenvalue weighted by molar-refractivity contribution is 6.32. The van der Waals surface area contributed by atoms with Crippen LogP contribution in [0.4, 0.5) is 10.5 Å². The highest BCUT2D eigenvalue weighted by Gasteiger charge is 2.56. The average molecular weight is 414 g/mol. The van der Waals surface area contributed by atoms with Crippen molar-refractivity contribution < 1.29 is 19.1 Å². The van der Waals surface area contributed by atoms with Crippen molar-refractivity contribution >= 4 is 35.1 Å². The molecule has 7 nitrogen and oxygen atoms in total. The summed E-state index contributed by atoms with van der Waals surface area (Å²) in [6.45, 7) is 1.35. The summed E-state index contributed by atoms with van der Waals surface area (Å²) < 4.78 is 5.82. The Morgan fingerprint density at radius 3 is 2.52 bits per heavy atom. The number of benzene rings is 2. The van der Waals surface area contributed by atoms with Crippen LogP contribution >= 0.6 is 11.6 Å². The molecular weight excluding hydrogens is 394 g/mol. The third-order valence-electron chi connectivity index (χ3n) is 5.21. The summed E-state index contributed by atoms with van der Waals surface area (Å²) in [5.74, 6) is 0.125. The molecule has 2 aromatic rings. The number of imide groups is 1. The number of carbonyl (C=O) groups is 3. The Kier molecular flexibility index (Phi) is 4.92. The molecule has 4 rings (SSSR count). The van der Waals surface area contributed by atoms with Gasteiger partial charge in [0.2, 0.25) is 5.91 Å². The Hall–Kier alpha value is -3.06. The van der Waals surface area contributed by atoms with Crippen LogP contribution in [0.25, 0.3) is 0 Å². The second kappa shape index (κ2) is 7.40. The van der Waals surface area contributed by atoms with Crippen LogP contribution < -0.4 is 15.4 Å². The monoisotopic (exact) mass is 413 g/mol. The van der Waals surface area contributed by atoms with Crippen molar-refractivity contribution in [2.75, 3.05) is 11.9 Å². The summed E-state index contributed by atoms with van der Waals surface area (Å²) in [4.78, 5) is 38.4. The number of hydrogen-bond acceptors (Lipinski definition) is 4. The molecule has 0 spiro atoms. The SMILES string of the molecule is CC1(C2CC2)NC(=O)N(CC(=O)Nc2ccccc2Oc2ccccc2Cl)C1=O. The van der Waals surface area contributed by atoms with Crippen LogP contribution in [0.15, 0.2) is 48.5 Å². The number of hydrogen-bond donors (Lipinski definition) is 2. The fraction of sp³-hybridized carbons (Fsp3) is 0.286. The molecule has 2 aliphatic rings. The topological polar surface area (TPSA) is 87.7 Å². The molecule has 2 N–H and O–H groups in total. The summed E-state index contributed by atoms with van der Waals surface area (Å²) in [7, 11) is 0. The number of anilines is 1.